The summed E-state index contributed by atoms with van der Waals surface area (Å²) in [6.45, 7) is 0.521. The molecule has 0 spiro atoms. The third-order valence-electron chi connectivity index (χ3n) is 5.35. The van der Waals surface area contributed by atoms with Crippen LogP contribution in [0.5, 0.6) is 0 Å². The van der Waals surface area contributed by atoms with Crippen LogP contribution in [0.2, 0.25) is 0 Å². The van der Waals surface area contributed by atoms with E-state index in [1.54, 1.807) is 0 Å². The number of likely N-dealkylation sites (tertiary alicyclic amines) is 1. The molecule has 0 bridgehead atoms. The topological polar surface area (TPSA) is 52.6 Å². The zero-order valence-electron chi connectivity index (χ0n) is 12.5. The lowest BCUT2D eigenvalue weighted by Gasteiger charge is -2.39. The highest BCUT2D eigenvalue weighted by Crippen LogP contribution is 2.48. The molecule has 3 aliphatic rings. The van der Waals surface area contributed by atoms with Crippen molar-refractivity contribution in [3.05, 3.63) is 0 Å². The van der Waals surface area contributed by atoms with Crippen molar-refractivity contribution in [3.63, 3.8) is 0 Å². The first-order valence-corrected chi connectivity index (χ1v) is 8.12. The molecule has 0 unspecified atom stereocenters. The lowest BCUT2D eigenvalue weighted by atomic mass is 9.91. The quantitative estimate of drug-likeness (QED) is 0.836. The van der Waals surface area contributed by atoms with Gasteiger partial charge < -0.3 is 15.3 Å². The van der Waals surface area contributed by atoms with E-state index >= 15 is 0 Å². The number of rotatable bonds is 4. The number of aliphatic hydroxyl groups is 1. The van der Waals surface area contributed by atoms with Crippen LogP contribution in [-0.2, 0) is 0 Å². The fourth-order valence-electron chi connectivity index (χ4n) is 3.45. The number of halogens is 3. The molecule has 4 nitrogen and oxygen atoms in total. The Morgan fingerprint density at radius 1 is 1.18 bits per heavy atom. The van der Waals surface area contributed by atoms with Gasteiger partial charge in [0, 0.05) is 32.5 Å². The van der Waals surface area contributed by atoms with E-state index in [0.29, 0.717) is 12.5 Å². The molecular formula is C15H23F3N2O2. The molecule has 1 heterocycles. The molecule has 0 aromatic rings. The fraction of sp³-hybridized carbons (Fsp3) is 0.933. The summed E-state index contributed by atoms with van der Waals surface area (Å²) in [6, 6.07) is -0.296. The predicted molar refractivity (Wildman–Crippen MR) is 74.1 cm³/mol. The zero-order valence-corrected chi connectivity index (χ0v) is 12.5. The van der Waals surface area contributed by atoms with E-state index in [4.69, 9.17) is 0 Å². The van der Waals surface area contributed by atoms with E-state index in [1.807, 2.05) is 0 Å². The molecule has 0 radical (unpaired) electrons. The van der Waals surface area contributed by atoms with Gasteiger partial charge in [-0.2, -0.15) is 13.2 Å². The van der Waals surface area contributed by atoms with Gasteiger partial charge in [-0.3, -0.25) is 0 Å². The van der Waals surface area contributed by atoms with Crippen molar-refractivity contribution in [1.82, 2.24) is 10.2 Å². The highest BCUT2D eigenvalue weighted by Gasteiger charge is 2.55. The van der Waals surface area contributed by atoms with Crippen molar-refractivity contribution < 1.29 is 23.1 Å². The Kier molecular flexibility index (Phi) is 4.03. The largest absolute Gasteiger partial charge is 0.417 e. The highest BCUT2D eigenvalue weighted by atomic mass is 19.4. The van der Waals surface area contributed by atoms with Crippen LogP contribution in [0.1, 0.15) is 38.5 Å². The van der Waals surface area contributed by atoms with Crippen LogP contribution >= 0.6 is 0 Å². The fourth-order valence-corrected chi connectivity index (χ4v) is 3.45. The van der Waals surface area contributed by atoms with Crippen LogP contribution < -0.4 is 5.32 Å². The standard InChI is InChI=1S/C15H23F3N2O2/c16-15(17,18)14(22)5-7-20(8-6-14)13(21)19-9-12(10-1-2-10)11-3-4-11/h10-12,22H,1-9H2,(H,19,21). The van der Waals surface area contributed by atoms with Gasteiger partial charge in [-0.25, -0.2) is 4.79 Å². The second kappa shape index (κ2) is 5.58. The first kappa shape index (κ1) is 15.9. The molecule has 2 aliphatic carbocycles. The number of hydrogen-bond acceptors (Lipinski definition) is 2. The van der Waals surface area contributed by atoms with Gasteiger partial charge in [0.05, 0.1) is 0 Å². The van der Waals surface area contributed by atoms with Crippen LogP contribution in [0.4, 0.5) is 18.0 Å². The molecular weight excluding hydrogens is 297 g/mol. The van der Waals surface area contributed by atoms with Crippen LogP contribution in [0.25, 0.3) is 0 Å². The van der Waals surface area contributed by atoms with E-state index in [2.05, 4.69) is 5.32 Å². The molecule has 126 valence electrons. The first-order valence-electron chi connectivity index (χ1n) is 8.12. The van der Waals surface area contributed by atoms with Crippen molar-refractivity contribution in [2.24, 2.45) is 17.8 Å². The number of piperidine rings is 1. The second-order valence-corrected chi connectivity index (χ2v) is 7.04. The van der Waals surface area contributed by atoms with Crippen molar-refractivity contribution >= 4 is 6.03 Å². The molecule has 1 aliphatic heterocycles. The molecule has 0 aromatic heterocycles. The molecule has 1 saturated heterocycles. The highest BCUT2D eigenvalue weighted by molar-refractivity contribution is 5.74. The zero-order chi connectivity index (χ0) is 16.0. The number of carbonyl (C=O) groups excluding carboxylic acids is 1. The van der Waals surface area contributed by atoms with Crippen LogP contribution in [0, 0.1) is 17.8 Å². The second-order valence-electron chi connectivity index (χ2n) is 7.04. The normalized spacial score (nSPS) is 25.4. The minimum absolute atomic E-state index is 0.0562. The number of urea groups is 1. The summed E-state index contributed by atoms with van der Waals surface area (Å²) in [5, 5.41) is 12.5. The number of amides is 2. The molecule has 0 aromatic carbocycles. The lowest BCUT2D eigenvalue weighted by molar-refractivity contribution is -0.271. The van der Waals surface area contributed by atoms with Crippen molar-refractivity contribution in [3.8, 4) is 0 Å². The Morgan fingerprint density at radius 3 is 2.09 bits per heavy atom. The lowest BCUT2D eigenvalue weighted by Crippen LogP contribution is -2.56. The Labute approximate surface area is 128 Å². The first-order chi connectivity index (χ1) is 10.3. The minimum atomic E-state index is -4.63. The van der Waals surface area contributed by atoms with Gasteiger partial charge in [0.25, 0.3) is 0 Å². The summed E-state index contributed by atoms with van der Waals surface area (Å²) >= 11 is 0. The van der Waals surface area contributed by atoms with Gasteiger partial charge in [0.1, 0.15) is 0 Å². The summed E-state index contributed by atoms with van der Waals surface area (Å²) in [5.41, 5.74) is -2.64. The van der Waals surface area contributed by atoms with E-state index in [-0.39, 0.29) is 19.1 Å². The Hall–Kier alpha value is -0.980. The summed E-state index contributed by atoms with van der Waals surface area (Å²) in [6.07, 6.45) is -0.576. The van der Waals surface area contributed by atoms with Gasteiger partial charge in [0.15, 0.2) is 5.60 Å². The smallest absolute Gasteiger partial charge is 0.380 e. The van der Waals surface area contributed by atoms with Crippen molar-refractivity contribution in [2.75, 3.05) is 19.6 Å². The predicted octanol–water partition coefficient (Wildman–Crippen LogP) is 2.52. The van der Waals surface area contributed by atoms with Gasteiger partial charge in [-0.15, -0.1) is 0 Å². The molecule has 7 heteroatoms. The Bertz CT molecular complexity index is 413. The van der Waals surface area contributed by atoms with Gasteiger partial charge in [-0.05, 0) is 43.4 Å². The molecule has 2 saturated carbocycles. The van der Waals surface area contributed by atoms with Crippen molar-refractivity contribution in [2.45, 2.75) is 50.3 Å². The summed E-state index contributed by atoms with van der Waals surface area (Å²) < 4.78 is 38.2. The molecule has 0 atom stereocenters. The van der Waals surface area contributed by atoms with Crippen molar-refractivity contribution in [1.29, 1.82) is 0 Å². The van der Waals surface area contributed by atoms with Gasteiger partial charge in [-0.1, -0.05) is 0 Å². The number of hydrogen-bond donors (Lipinski definition) is 2. The van der Waals surface area contributed by atoms with Crippen LogP contribution in [0.15, 0.2) is 0 Å². The molecule has 2 amide bonds. The van der Waals surface area contributed by atoms with Gasteiger partial charge in [0.2, 0.25) is 0 Å². The van der Waals surface area contributed by atoms with Gasteiger partial charge >= 0.3 is 12.2 Å². The number of alkyl halides is 3. The minimum Gasteiger partial charge on any atom is -0.380 e. The summed E-state index contributed by atoms with van der Waals surface area (Å²) in [7, 11) is 0. The average molecular weight is 320 g/mol. The molecule has 22 heavy (non-hydrogen) atoms. The molecule has 3 rings (SSSR count). The Morgan fingerprint density at radius 2 is 1.68 bits per heavy atom. The Balaban J connectivity index is 1.45. The van der Waals surface area contributed by atoms with Crippen LogP contribution in [0.3, 0.4) is 0 Å². The summed E-state index contributed by atoms with van der Waals surface area (Å²) in [4.78, 5) is 13.5. The third kappa shape index (κ3) is 3.34. The maximum absolute atomic E-state index is 12.7. The average Bonchev–Trinajstić information content (AvgIpc) is 3.32. The van der Waals surface area contributed by atoms with E-state index in [0.717, 1.165) is 11.8 Å². The number of carbonyl (C=O) groups is 1. The number of nitrogens with one attached hydrogen (secondary N) is 1. The van der Waals surface area contributed by atoms with E-state index in [1.165, 1.54) is 30.6 Å². The maximum Gasteiger partial charge on any atom is 0.417 e. The van der Waals surface area contributed by atoms with E-state index in [9.17, 15) is 23.1 Å². The SMILES string of the molecule is O=C(NCC(C1CC1)C1CC1)N1CCC(O)(C(F)(F)F)CC1. The maximum atomic E-state index is 12.7. The van der Waals surface area contributed by atoms with Crippen LogP contribution in [-0.4, -0.2) is 47.4 Å². The summed E-state index contributed by atoms with van der Waals surface area (Å²) in [5.74, 6) is 2.00. The third-order valence-corrected chi connectivity index (χ3v) is 5.35. The molecule has 3 fully saturated rings. The monoisotopic (exact) mass is 320 g/mol. The number of nitrogens with zero attached hydrogens (tertiary/aromatic N) is 1. The molecule has 2 N–H and O–H groups in total. The van der Waals surface area contributed by atoms with E-state index < -0.39 is 24.6 Å².